The van der Waals surface area contributed by atoms with Crippen LogP contribution in [0.2, 0.25) is 0 Å². The minimum absolute atomic E-state index is 0.0293. The van der Waals surface area contributed by atoms with Gasteiger partial charge in [0.05, 0.1) is 0 Å². The maximum Gasteiger partial charge on any atom is 0.326 e. The number of aliphatic hydroxyl groups excluding tert-OH is 2. The Kier molecular flexibility index (Phi) is 14.2. The van der Waals surface area contributed by atoms with Gasteiger partial charge in [0.25, 0.3) is 11.8 Å². The molecule has 0 spiro atoms. The van der Waals surface area contributed by atoms with Gasteiger partial charge < -0.3 is 41.9 Å². The number of carbonyl (C=O) groups is 6. The first kappa shape index (κ1) is 42.4. The summed E-state index contributed by atoms with van der Waals surface area (Å²) in [6.07, 6.45) is -4.96. The fourth-order valence-corrected chi connectivity index (χ4v) is 6.76. The minimum atomic E-state index is -2.31. The molecule has 0 saturated heterocycles. The van der Waals surface area contributed by atoms with Crippen LogP contribution in [0.4, 0.5) is 5.69 Å². The van der Waals surface area contributed by atoms with Crippen molar-refractivity contribution in [2.75, 3.05) is 5.32 Å². The molecule has 6 atom stereocenters. The third-order valence-electron chi connectivity index (χ3n) is 10.1. The van der Waals surface area contributed by atoms with E-state index in [2.05, 4.69) is 26.6 Å². The smallest absolute Gasteiger partial charge is 0.326 e. The highest BCUT2D eigenvalue weighted by Gasteiger charge is 2.35. The second-order valence-corrected chi connectivity index (χ2v) is 14.5. The van der Waals surface area contributed by atoms with Crippen LogP contribution in [0.15, 0.2) is 140 Å². The third kappa shape index (κ3) is 11.5. The number of anilines is 1. The average molecular weight is 812 g/mol. The van der Waals surface area contributed by atoms with Crippen LogP contribution in [0.5, 0.6) is 0 Å². The second-order valence-electron chi connectivity index (χ2n) is 14.5. The number of benzene rings is 5. The highest BCUT2D eigenvalue weighted by molar-refractivity contribution is 6.00. The van der Waals surface area contributed by atoms with Gasteiger partial charge in [-0.05, 0) is 45.5 Å². The third-order valence-corrected chi connectivity index (χ3v) is 10.1. The number of nitrogens with one attached hydrogen (secondary N) is 5. The molecule has 2 heterocycles. The SMILES string of the molecule is O=C(O)[C@@H]1Cc2ccc(cc2)NC(=O)[C@H](O)[C@@H](O)C(=O)N[C@H](Cc2ccccc2)C(=O)N[C@@H](Cc2ccc(-c3ccccc3)cc2)C(=O)N[C@H](Cc2ccccc2)C(=O)N1. The van der Waals surface area contributed by atoms with Crippen LogP contribution in [-0.2, 0) is 54.5 Å². The molecular weight excluding hydrogens is 767 g/mol. The molecule has 0 aliphatic carbocycles. The predicted molar refractivity (Wildman–Crippen MR) is 222 cm³/mol. The van der Waals surface area contributed by atoms with Crippen molar-refractivity contribution in [2.24, 2.45) is 0 Å². The average Bonchev–Trinajstić information content (AvgIpc) is 3.26. The van der Waals surface area contributed by atoms with Crippen molar-refractivity contribution in [3.63, 3.8) is 0 Å². The number of rotatable bonds is 8. The fourth-order valence-electron chi connectivity index (χ4n) is 6.76. The van der Waals surface area contributed by atoms with E-state index in [9.17, 15) is 44.1 Å². The zero-order valence-electron chi connectivity index (χ0n) is 32.4. The van der Waals surface area contributed by atoms with Crippen LogP contribution in [0.25, 0.3) is 11.1 Å². The Labute approximate surface area is 346 Å². The van der Waals surface area contributed by atoms with Gasteiger partial charge >= 0.3 is 5.97 Å². The van der Waals surface area contributed by atoms with Crippen molar-refractivity contribution >= 4 is 41.2 Å². The maximum atomic E-state index is 14.4. The summed E-state index contributed by atoms with van der Waals surface area (Å²) in [6, 6.07) is 34.7. The number of hydrogen-bond acceptors (Lipinski definition) is 8. The molecule has 308 valence electrons. The zero-order chi connectivity index (χ0) is 42.6. The summed E-state index contributed by atoms with van der Waals surface area (Å²) in [5.41, 5.74) is 4.38. The number of hydrogen-bond donors (Lipinski definition) is 8. The van der Waals surface area contributed by atoms with Gasteiger partial charge in [-0.3, -0.25) is 24.0 Å². The topological polar surface area (TPSA) is 223 Å². The van der Waals surface area contributed by atoms with Crippen LogP contribution >= 0.6 is 0 Å². The number of aliphatic carboxylic acids is 1. The van der Waals surface area contributed by atoms with Gasteiger partial charge in [-0.15, -0.1) is 0 Å². The number of carbonyl (C=O) groups excluding carboxylic acids is 5. The van der Waals surface area contributed by atoms with E-state index in [1.54, 1.807) is 72.8 Å². The standard InChI is InChI=1S/C46H45N5O9/c52-39-40(53)45(58)50-37(25-29-12-6-2-7-13-29)42(55)49-36(26-30-16-20-33(21-17-30)32-14-8-3-9-15-32)41(54)48-35(24-28-10-4-1-5-11-28)43(56)51-38(46(59)60)27-31-18-22-34(23-19-31)47-44(39)57/h1-23,35-40,52-53H,24-27H2,(H,47,57)(H,48,54)(H,49,55)(H,50,58)(H,51,56)(H,59,60)/t35-,36+,37-,38+,39-,40-/m1/s1. The molecule has 0 radical (unpaired) electrons. The van der Waals surface area contributed by atoms with E-state index in [0.29, 0.717) is 22.3 Å². The Morgan fingerprint density at radius 1 is 0.467 bits per heavy atom. The van der Waals surface area contributed by atoms with Gasteiger partial charge in [-0.25, -0.2) is 4.79 Å². The first-order valence-corrected chi connectivity index (χ1v) is 19.4. The molecule has 2 bridgehead atoms. The van der Waals surface area contributed by atoms with Crippen molar-refractivity contribution in [3.8, 4) is 11.1 Å². The molecule has 0 fully saturated rings. The number of aliphatic hydroxyl groups is 2. The number of fused-ring (bicyclic) bond motifs is 18. The normalized spacial score (nSPS) is 21.9. The lowest BCUT2D eigenvalue weighted by molar-refractivity contribution is -0.145. The maximum absolute atomic E-state index is 14.4. The molecule has 0 aromatic heterocycles. The summed E-state index contributed by atoms with van der Waals surface area (Å²) in [5, 5.41) is 44.6. The summed E-state index contributed by atoms with van der Waals surface area (Å²) in [4.78, 5) is 81.6. The van der Waals surface area contributed by atoms with Gasteiger partial charge in [-0.2, -0.15) is 0 Å². The molecule has 2 aliphatic heterocycles. The van der Waals surface area contributed by atoms with E-state index >= 15 is 0 Å². The van der Waals surface area contributed by atoms with Gasteiger partial charge in [-0.1, -0.05) is 127 Å². The van der Waals surface area contributed by atoms with Crippen LogP contribution in [0, 0.1) is 0 Å². The molecule has 8 N–H and O–H groups in total. The summed E-state index contributed by atoms with van der Waals surface area (Å²) in [7, 11) is 0. The van der Waals surface area contributed by atoms with Crippen molar-refractivity contribution in [1.29, 1.82) is 0 Å². The largest absolute Gasteiger partial charge is 0.480 e. The molecule has 5 aromatic rings. The van der Waals surface area contributed by atoms with Crippen molar-refractivity contribution in [2.45, 2.75) is 62.1 Å². The Bertz CT molecular complexity index is 2270. The molecule has 0 unspecified atom stereocenters. The van der Waals surface area contributed by atoms with Crippen LogP contribution < -0.4 is 26.6 Å². The molecule has 7 rings (SSSR count). The van der Waals surface area contributed by atoms with Crippen LogP contribution in [-0.4, -0.2) is 87.2 Å². The number of carboxylic acids is 1. The molecule has 5 amide bonds. The second kappa shape index (κ2) is 20.0. The Hall–Kier alpha value is -7.16. The van der Waals surface area contributed by atoms with Crippen LogP contribution in [0.3, 0.4) is 0 Å². The first-order valence-electron chi connectivity index (χ1n) is 19.4. The quantitative estimate of drug-likeness (QED) is 0.108. The number of amides is 5. The van der Waals surface area contributed by atoms with Gasteiger partial charge in [0.15, 0.2) is 12.2 Å². The summed E-state index contributed by atoms with van der Waals surface area (Å²) in [5.74, 6) is -6.12. The molecule has 14 heteroatoms. The van der Waals surface area contributed by atoms with E-state index in [1.165, 1.54) is 24.3 Å². The molecule has 2 aliphatic rings. The predicted octanol–water partition coefficient (Wildman–Crippen LogP) is 2.32. The Morgan fingerprint density at radius 3 is 1.35 bits per heavy atom. The number of carboxylic acid groups (broad SMARTS) is 1. The summed E-state index contributed by atoms with van der Waals surface area (Å²) < 4.78 is 0. The van der Waals surface area contributed by atoms with Crippen molar-refractivity contribution < 1.29 is 44.1 Å². The van der Waals surface area contributed by atoms with Crippen molar-refractivity contribution in [3.05, 3.63) is 162 Å². The Morgan fingerprint density at radius 2 is 0.867 bits per heavy atom. The summed E-state index contributed by atoms with van der Waals surface area (Å²) >= 11 is 0. The van der Waals surface area contributed by atoms with Gasteiger partial charge in [0.2, 0.25) is 17.7 Å². The minimum Gasteiger partial charge on any atom is -0.480 e. The zero-order valence-corrected chi connectivity index (χ0v) is 32.4. The van der Waals surface area contributed by atoms with E-state index in [1.807, 2.05) is 42.5 Å². The lowest BCUT2D eigenvalue weighted by Crippen LogP contribution is -2.60. The van der Waals surface area contributed by atoms with Crippen LogP contribution in [0.1, 0.15) is 22.3 Å². The van der Waals surface area contributed by atoms with Gasteiger partial charge in [0, 0.05) is 31.4 Å². The lowest BCUT2D eigenvalue weighted by atomic mass is 9.98. The van der Waals surface area contributed by atoms with Crippen molar-refractivity contribution in [1.82, 2.24) is 21.3 Å². The Balaban J connectivity index is 1.38. The highest BCUT2D eigenvalue weighted by Crippen LogP contribution is 2.20. The monoisotopic (exact) mass is 811 g/mol. The van der Waals surface area contributed by atoms with Gasteiger partial charge in [0.1, 0.15) is 24.2 Å². The van der Waals surface area contributed by atoms with E-state index in [-0.39, 0.29) is 31.4 Å². The van der Waals surface area contributed by atoms with E-state index in [0.717, 1.165) is 11.1 Å². The molecule has 60 heavy (non-hydrogen) atoms. The first-order chi connectivity index (χ1) is 28.9. The molecule has 14 nitrogen and oxygen atoms in total. The highest BCUT2D eigenvalue weighted by atomic mass is 16.4. The lowest BCUT2D eigenvalue weighted by Gasteiger charge is -2.27. The summed E-state index contributed by atoms with van der Waals surface area (Å²) in [6.45, 7) is 0. The van der Waals surface area contributed by atoms with E-state index < -0.39 is 71.9 Å². The van der Waals surface area contributed by atoms with E-state index in [4.69, 9.17) is 0 Å². The fraction of sp³-hybridized carbons (Fsp3) is 0.217. The molecular formula is C46H45N5O9. The molecule has 5 aromatic carbocycles. The molecule has 0 saturated carbocycles.